The number of nitrogens with one attached hydrogen (secondary N) is 1. The summed E-state index contributed by atoms with van der Waals surface area (Å²) in [6, 6.07) is 3.33. The van der Waals surface area contributed by atoms with Crippen molar-refractivity contribution in [2.75, 3.05) is 26.2 Å². The number of benzene rings is 1. The van der Waals surface area contributed by atoms with Crippen molar-refractivity contribution in [2.24, 2.45) is 5.92 Å². The molecule has 1 fully saturated rings. The Morgan fingerprint density at radius 3 is 2.39 bits per heavy atom. The van der Waals surface area contributed by atoms with E-state index in [9.17, 15) is 17.6 Å². The van der Waals surface area contributed by atoms with Crippen LogP contribution in [0, 0.1) is 11.7 Å². The third kappa shape index (κ3) is 4.44. The highest BCUT2D eigenvalue weighted by molar-refractivity contribution is 5.29. The second kappa shape index (κ2) is 7.62. The average molecular weight is 332 g/mol. The van der Waals surface area contributed by atoms with Crippen molar-refractivity contribution in [1.82, 2.24) is 10.2 Å². The number of alkyl halides is 3. The molecule has 130 valence electrons. The van der Waals surface area contributed by atoms with Crippen LogP contribution < -0.4 is 5.32 Å². The molecule has 0 saturated carbocycles. The van der Waals surface area contributed by atoms with E-state index in [1.165, 1.54) is 6.07 Å². The lowest BCUT2D eigenvalue weighted by Crippen LogP contribution is -2.46. The quantitative estimate of drug-likeness (QED) is 0.812. The molecule has 0 radical (unpaired) electrons. The van der Waals surface area contributed by atoms with Gasteiger partial charge < -0.3 is 5.32 Å². The number of hydrogen-bond acceptors (Lipinski definition) is 2. The van der Waals surface area contributed by atoms with Gasteiger partial charge in [0.05, 0.1) is 5.56 Å². The number of halogens is 4. The van der Waals surface area contributed by atoms with Crippen LogP contribution in [-0.4, -0.2) is 31.1 Å². The lowest BCUT2D eigenvalue weighted by Gasteiger charge is -2.38. The second-order valence-electron chi connectivity index (χ2n) is 6.23. The molecule has 2 atom stereocenters. The van der Waals surface area contributed by atoms with Crippen LogP contribution in [0.3, 0.4) is 0 Å². The van der Waals surface area contributed by atoms with Crippen LogP contribution >= 0.6 is 0 Å². The third-order valence-electron chi connectivity index (χ3n) is 4.47. The molecule has 0 aromatic heterocycles. The molecule has 0 amide bonds. The van der Waals surface area contributed by atoms with Crippen LogP contribution in [0.2, 0.25) is 0 Å². The maximum atomic E-state index is 14.0. The van der Waals surface area contributed by atoms with Crippen molar-refractivity contribution in [3.63, 3.8) is 0 Å². The summed E-state index contributed by atoms with van der Waals surface area (Å²) in [7, 11) is 0. The van der Waals surface area contributed by atoms with Gasteiger partial charge in [-0.25, -0.2) is 4.39 Å². The number of rotatable bonds is 5. The minimum atomic E-state index is -4.65. The molecule has 2 rings (SSSR count). The highest BCUT2D eigenvalue weighted by atomic mass is 19.4. The summed E-state index contributed by atoms with van der Waals surface area (Å²) in [6.07, 6.45) is -2.70. The van der Waals surface area contributed by atoms with Gasteiger partial charge in [0.15, 0.2) is 0 Å². The molecule has 1 aliphatic heterocycles. The Morgan fingerprint density at radius 1 is 1.22 bits per heavy atom. The van der Waals surface area contributed by atoms with Gasteiger partial charge in [-0.3, -0.25) is 4.90 Å². The number of piperazine rings is 1. The molecule has 1 aliphatic rings. The Kier molecular flexibility index (Phi) is 6.03. The topological polar surface area (TPSA) is 15.3 Å². The Bertz CT molecular complexity index is 510. The van der Waals surface area contributed by atoms with E-state index in [0.717, 1.165) is 51.2 Å². The van der Waals surface area contributed by atoms with Crippen molar-refractivity contribution in [1.29, 1.82) is 0 Å². The first-order valence-corrected chi connectivity index (χ1v) is 8.16. The molecule has 0 spiro atoms. The van der Waals surface area contributed by atoms with Crippen molar-refractivity contribution in [2.45, 2.75) is 38.9 Å². The van der Waals surface area contributed by atoms with Gasteiger partial charge in [0.1, 0.15) is 5.82 Å². The Labute approximate surface area is 134 Å². The number of hydrogen-bond donors (Lipinski definition) is 1. The van der Waals surface area contributed by atoms with Crippen LogP contribution in [0.1, 0.15) is 43.9 Å². The van der Waals surface area contributed by atoms with Gasteiger partial charge in [-0.1, -0.05) is 26.3 Å². The van der Waals surface area contributed by atoms with E-state index in [0.29, 0.717) is 5.56 Å². The van der Waals surface area contributed by atoms with Gasteiger partial charge >= 0.3 is 6.18 Å². The van der Waals surface area contributed by atoms with Gasteiger partial charge in [-0.2, -0.15) is 13.2 Å². The highest BCUT2D eigenvalue weighted by Crippen LogP contribution is 2.36. The fourth-order valence-electron chi connectivity index (χ4n) is 3.42. The zero-order valence-corrected chi connectivity index (χ0v) is 13.6. The fourth-order valence-corrected chi connectivity index (χ4v) is 3.42. The van der Waals surface area contributed by atoms with Crippen LogP contribution in [0.15, 0.2) is 18.2 Å². The summed E-state index contributed by atoms with van der Waals surface area (Å²) < 4.78 is 52.2. The van der Waals surface area contributed by atoms with E-state index < -0.39 is 17.6 Å². The molecule has 1 unspecified atom stereocenters. The molecule has 1 heterocycles. The fraction of sp³-hybridized carbons (Fsp3) is 0.647. The van der Waals surface area contributed by atoms with E-state index >= 15 is 0 Å². The van der Waals surface area contributed by atoms with Gasteiger partial charge in [0, 0.05) is 32.2 Å². The average Bonchev–Trinajstić information content (AvgIpc) is 2.47. The van der Waals surface area contributed by atoms with Gasteiger partial charge in [-0.05, 0) is 30.0 Å². The van der Waals surface area contributed by atoms with Crippen molar-refractivity contribution >= 4 is 0 Å². The summed E-state index contributed by atoms with van der Waals surface area (Å²) in [4.78, 5) is 2.25. The van der Waals surface area contributed by atoms with E-state index in [2.05, 4.69) is 24.1 Å². The molecular formula is C17H24F4N2. The maximum Gasteiger partial charge on any atom is 0.419 e. The van der Waals surface area contributed by atoms with Crippen molar-refractivity contribution < 1.29 is 17.6 Å². The van der Waals surface area contributed by atoms with Crippen LogP contribution in [0.25, 0.3) is 0 Å². The largest absolute Gasteiger partial charge is 0.419 e. The zero-order valence-electron chi connectivity index (χ0n) is 13.6. The van der Waals surface area contributed by atoms with Crippen molar-refractivity contribution in [3.05, 3.63) is 35.1 Å². The van der Waals surface area contributed by atoms with Gasteiger partial charge in [-0.15, -0.1) is 0 Å². The van der Waals surface area contributed by atoms with Gasteiger partial charge in [0.25, 0.3) is 0 Å². The molecule has 1 aromatic carbocycles. The first kappa shape index (κ1) is 18.2. The minimum Gasteiger partial charge on any atom is -0.314 e. The van der Waals surface area contributed by atoms with E-state index in [4.69, 9.17) is 0 Å². The lowest BCUT2D eigenvalue weighted by atomic mass is 9.88. The van der Waals surface area contributed by atoms with Crippen LogP contribution in [0.4, 0.5) is 17.6 Å². The predicted molar refractivity (Wildman–Crippen MR) is 82.7 cm³/mol. The van der Waals surface area contributed by atoms with Crippen molar-refractivity contribution in [3.8, 4) is 0 Å². The Morgan fingerprint density at radius 2 is 1.87 bits per heavy atom. The summed E-state index contributed by atoms with van der Waals surface area (Å²) in [5.41, 5.74) is -0.554. The standard InChI is InChI=1S/C17H24F4N2/c1-3-4-12(2)16(23-9-7-22-8-10-23)13-5-6-14(15(18)11-13)17(19,20)21/h5-6,11-12,16,22H,3-4,7-10H2,1-2H3/t12?,16-/m1/s1. The third-order valence-corrected chi connectivity index (χ3v) is 4.47. The van der Waals surface area contributed by atoms with Crippen LogP contribution in [0.5, 0.6) is 0 Å². The monoisotopic (exact) mass is 332 g/mol. The summed E-state index contributed by atoms with van der Waals surface area (Å²) in [5, 5.41) is 3.27. The summed E-state index contributed by atoms with van der Waals surface area (Å²) >= 11 is 0. The SMILES string of the molecule is CCCC(C)[C@H](c1ccc(C(F)(F)F)c(F)c1)N1CCNCC1. The molecule has 6 heteroatoms. The molecular weight excluding hydrogens is 308 g/mol. The zero-order chi connectivity index (χ0) is 17.0. The minimum absolute atomic E-state index is 0.0474. The normalized spacial score (nSPS) is 19.6. The van der Waals surface area contributed by atoms with E-state index in [-0.39, 0.29) is 12.0 Å². The predicted octanol–water partition coefficient (Wildman–Crippen LogP) is 4.23. The van der Waals surface area contributed by atoms with E-state index in [1.54, 1.807) is 0 Å². The smallest absolute Gasteiger partial charge is 0.314 e. The van der Waals surface area contributed by atoms with E-state index in [1.807, 2.05) is 0 Å². The molecule has 0 bridgehead atoms. The first-order chi connectivity index (χ1) is 10.8. The molecule has 1 aromatic rings. The molecule has 1 N–H and O–H groups in total. The Balaban J connectivity index is 2.32. The number of nitrogens with zero attached hydrogens (tertiary/aromatic N) is 1. The first-order valence-electron chi connectivity index (χ1n) is 8.16. The van der Waals surface area contributed by atoms with Gasteiger partial charge in [0.2, 0.25) is 0 Å². The summed E-state index contributed by atoms with van der Waals surface area (Å²) in [6.45, 7) is 7.50. The lowest BCUT2D eigenvalue weighted by molar-refractivity contribution is -0.140. The molecule has 2 nitrogen and oxygen atoms in total. The Hall–Kier alpha value is -1.14. The highest BCUT2D eigenvalue weighted by Gasteiger charge is 2.35. The molecule has 0 aliphatic carbocycles. The summed E-state index contributed by atoms with van der Waals surface area (Å²) in [5.74, 6) is -0.923. The van der Waals surface area contributed by atoms with Crippen LogP contribution in [-0.2, 0) is 6.18 Å². The molecule has 1 saturated heterocycles. The maximum absolute atomic E-state index is 14.0. The molecule has 23 heavy (non-hydrogen) atoms. The second-order valence-corrected chi connectivity index (χ2v) is 6.23.